The lowest BCUT2D eigenvalue weighted by Crippen LogP contribution is -2.34. The number of benzene rings is 1. The van der Waals surface area contributed by atoms with Crippen LogP contribution in [0.5, 0.6) is 0 Å². The van der Waals surface area contributed by atoms with Gasteiger partial charge in [0, 0.05) is 11.8 Å². The molecule has 0 saturated heterocycles. The van der Waals surface area contributed by atoms with Gasteiger partial charge in [-0.2, -0.15) is 0 Å². The molecule has 6 nitrogen and oxygen atoms in total. The standard InChI is InChI=1S/C18H18F2N4O2S/c1-2-6-24(9-15-22-14-5-7-27-17(14)18(26)23-15)10-16(25)21-11-3-4-12(19)13(20)8-11/h3-5,7-8H,2,6,9-10H2,1H3,(H,21,25)(H,22,23,26). The quantitative estimate of drug-likeness (QED) is 0.648. The highest BCUT2D eigenvalue weighted by molar-refractivity contribution is 7.17. The number of halogens is 2. The van der Waals surface area contributed by atoms with Crippen molar-refractivity contribution in [1.29, 1.82) is 0 Å². The van der Waals surface area contributed by atoms with Crippen LogP contribution in [0.4, 0.5) is 14.5 Å². The number of nitrogens with one attached hydrogen (secondary N) is 2. The minimum absolute atomic E-state index is 0.0260. The van der Waals surface area contributed by atoms with Crippen molar-refractivity contribution < 1.29 is 13.6 Å². The third-order valence-electron chi connectivity index (χ3n) is 3.85. The normalized spacial score (nSPS) is 11.3. The molecule has 0 saturated carbocycles. The lowest BCUT2D eigenvalue weighted by Gasteiger charge is -2.20. The van der Waals surface area contributed by atoms with E-state index < -0.39 is 11.6 Å². The Balaban J connectivity index is 1.69. The molecule has 0 bridgehead atoms. The Morgan fingerprint density at radius 2 is 2.11 bits per heavy atom. The predicted molar refractivity (Wildman–Crippen MR) is 101 cm³/mol. The molecule has 0 aliphatic heterocycles. The van der Waals surface area contributed by atoms with E-state index in [0.717, 1.165) is 18.6 Å². The van der Waals surface area contributed by atoms with E-state index in [0.29, 0.717) is 29.1 Å². The monoisotopic (exact) mass is 392 g/mol. The summed E-state index contributed by atoms with van der Waals surface area (Å²) in [5.41, 5.74) is 0.607. The van der Waals surface area contributed by atoms with Gasteiger partial charge < -0.3 is 10.3 Å². The van der Waals surface area contributed by atoms with E-state index in [1.54, 1.807) is 11.4 Å². The van der Waals surface area contributed by atoms with E-state index in [2.05, 4.69) is 15.3 Å². The van der Waals surface area contributed by atoms with Gasteiger partial charge in [0.2, 0.25) is 5.91 Å². The van der Waals surface area contributed by atoms with Crippen LogP contribution in [-0.4, -0.2) is 33.9 Å². The molecule has 0 radical (unpaired) electrons. The number of aromatic nitrogens is 2. The van der Waals surface area contributed by atoms with Crippen LogP contribution in [0.25, 0.3) is 10.2 Å². The van der Waals surface area contributed by atoms with Crippen LogP contribution in [-0.2, 0) is 11.3 Å². The molecule has 3 aromatic rings. The van der Waals surface area contributed by atoms with Gasteiger partial charge in [-0.15, -0.1) is 11.3 Å². The zero-order chi connectivity index (χ0) is 19.4. The maximum absolute atomic E-state index is 13.3. The Kier molecular flexibility index (Phi) is 5.92. The molecule has 27 heavy (non-hydrogen) atoms. The first kappa shape index (κ1) is 19.1. The summed E-state index contributed by atoms with van der Waals surface area (Å²) in [4.78, 5) is 33.3. The van der Waals surface area contributed by atoms with Crippen molar-refractivity contribution in [2.75, 3.05) is 18.4 Å². The van der Waals surface area contributed by atoms with E-state index in [4.69, 9.17) is 0 Å². The molecule has 0 unspecified atom stereocenters. The fraction of sp³-hybridized carbons (Fsp3) is 0.278. The number of fused-ring (bicyclic) bond motifs is 1. The fourth-order valence-corrected chi connectivity index (χ4v) is 3.44. The minimum atomic E-state index is -1.02. The largest absolute Gasteiger partial charge is 0.325 e. The average Bonchev–Trinajstić information content (AvgIpc) is 3.07. The van der Waals surface area contributed by atoms with Crippen LogP contribution in [0.1, 0.15) is 19.2 Å². The SMILES string of the molecule is CCCN(CC(=O)Nc1ccc(F)c(F)c1)Cc1nc2ccsc2c(=O)[nH]1. The molecule has 1 aromatic carbocycles. The number of H-pyrrole nitrogens is 1. The van der Waals surface area contributed by atoms with Gasteiger partial charge in [0.1, 0.15) is 10.5 Å². The van der Waals surface area contributed by atoms with Crippen LogP contribution in [0, 0.1) is 11.6 Å². The van der Waals surface area contributed by atoms with E-state index in [1.165, 1.54) is 17.4 Å². The number of carbonyl (C=O) groups is 1. The maximum atomic E-state index is 13.3. The molecule has 0 fully saturated rings. The highest BCUT2D eigenvalue weighted by Crippen LogP contribution is 2.15. The van der Waals surface area contributed by atoms with Crippen molar-refractivity contribution >= 4 is 33.1 Å². The predicted octanol–water partition coefficient (Wildman–Crippen LogP) is 3.11. The summed E-state index contributed by atoms with van der Waals surface area (Å²) in [6, 6.07) is 4.96. The molecular formula is C18H18F2N4O2S. The van der Waals surface area contributed by atoms with Crippen molar-refractivity contribution in [2.24, 2.45) is 0 Å². The summed E-state index contributed by atoms with van der Waals surface area (Å²) in [5.74, 6) is -1.89. The molecule has 142 valence electrons. The van der Waals surface area contributed by atoms with Gasteiger partial charge in [0.25, 0.3) is 5.56 Å². The molecule has 0 spiro atoms. The Hall–Kier alpha value is -2.65. The number of amides is 1. The second-order valence-corrected chi connectivity index (χ2v) is 6.95. The lowest BCUT2D eigenvalue weighted by molar-refractivity contribution is -0.117. The van der Waals surface area contributed by atoms with Gasteiger partial charge >= 0.3 is 0 Å². The topological polar surface area (TPSA) is 78.1 Å². The highest BCUT2D eigenvalue weighted by Gasteiger charge is 2.14. The zero-order valence-electron chi connectivity index (χ0n) is 14.6. The highest BCUT2D eigenvalue weighted by atomic mass is 32.1. The summed E-state index contributed by atoms with van der Waals surface area (Å²) in [5, 5.41) is 4.34. The first-order valence-corrected chi connectivity index (χ1v) is 9.28. The molecule has 0 atom stereocenters. The Labute approximate surface area is 157 Å². The third kappa shape index (κ3) is 4.75. The van der Waals surface area contributed by atoms with E-state index >= 15 is 0 Å². The van der Waals surface area contributed by atoms with Gasteiger partial charge in [0.05, 0.1) is 18.6 Å². The maximum Gasteiger partial charge on any atom is 0.268 e. The van der Waals surface area contributed by atoms with Gasteiger partial charge in [-0.3, -0.25) is 14.5 Å². The summed E-state index contributed by atoms with van der Waals surface area (Å²) in [6.45, 7) is 2.90. The van der Waals surface area contributed by atoms with Crippen LogP contribution in [0.15, 0.2) is 34.4 Å². The van der Waals surface area contributed by atoms with Crippen molar-refractivity contribution in [2.45, 2.75) is 19.9 Å². The van der Waals surface area contributed by atoms with Gasteiger partial charge in [-0.1, -0.05) is 6.92 Å². The summed E-state index contributed by atoms with van der Waals surface area (Å²) in [7, 11) is 0. The third-order valence-corrected chi connectivity index (χ3v) is 4.75. The van der Waals surface area contributed by atoms with Crippen molar-refractivity contribution in [3.8, 4) is 0 Å². The van der Waals surface area contributed by atoms with Crippen molar-refractivity contribution in [3.05, 3.63) is 57.5 Å². The molecule has 2 aromatic heterocycles. The number of aromatic amines is 1. The van der Waals surface area contributed by atoms with Gasteiger partial charge in [-0.25, -0.2) is 13.8 Å². The smallest absolute Gasteiger partial charge is 0.268 e. The number of rotatable bonds is 7. The van der Waals surface area contributed by atoms with Crippen LogP contribution < -0.4 is 10.9 Å². The van der Waals surface area contributed by atoms with Crippen LogP contribution >= 0.6 is 11.3 Å². The summed E-state index contributed by atoms with van der Waals surface area (Å²) < 4.78 is 26.8. The van der Waals surface area contributed by atoms with Crippen LogP contribution in [0.3, 0.4) is 0 Å². The van der Waals surface area contributed by atoms with E-state index in [1.807, 2.05) is 11.8 Å². The first-order chi connectivity index (χ1) is 13.0. The molecule has 0 aliphatic rings. The van der Waals surface area contributed by atoms with Crippen molar-refractivity contribution in [3.63, 3.8) is 0 Å². The van der Waals surface area contributed by atoms with E-state index in [-0.39, 0.29) is 23.7 Å². The molecule has 0 aliphatic carbocycles. The average molecular weight is 392 g/mol. The summed E-state index contributed by atoms with van der Waals surface area (Å²) >= 11 is 1.32. The summed E-state index contributed by atoms with van der Waals surface area (Å²) in [6.07, 6.45) is 0.795. The second-order valence-electron chi connectivity index (χ2n) is 6.04. The molecular weight excluding hydrogens is 374 g/mol. The molecule has 2 heterocycles. The Bertz CT molecular complexity index is 1020. The molecule has 3 rings (SSSR count). The molecule has 9 heteroatoms. The van der Waals surface area contributed by atoms with E-state index in [9.17, 15) is 18.4 Å². The zero-order valence-corrected chi connectivity index (χ0v) is 15.4. The Morgan fingerprint density at radius 3 is 2.85 bits per heavy atom. The number of thiophene rings is 1. The number of nitrogens with zero attached hydrogens (tertiary/aromatic N) is 2. The minimum Gasteiger partial charge on any atom is -0.325 e. The van der Waals surface area contributed by atoms with Crippen LogP contribution in [0.2, 0.25) is 0 Å². The van der Waals surface area contributed by atoms with Crippen molar-refractivity contribution in [1.82, 2.24) is 14.9 Å². The number of anilines is 1. The lowest BCUT2D eigenvalue weighted by atomic mass is 10.3. The molecule has 2 N–H and O–H groups in total. The molecule has 1 amide bonds. The van der Waals surface area contributed by atoms with Gasteiger partial charge in [-0.05, 0) is 36.5 Å². The van der Waals surface area contributed by atoms with Gasteiger partial charge in [0.15, 0.2) is 11.6 Å². The number of hydrogen-bond donors (Lipinski definition) is 2. The fourth-order valence-electron chi connectivity index (χ4n) is 2.72. The second kappa shape index (κ2) is 8.36. The number of carbonyl (C=O) groups excluding carboxylic acids is 1. The Morgan fingerprint density at radius 1 is 1.30 bits per heavy atom. The number of hydrogen-bond acceptors (Lipinski definition) is 5. The first-order valence-electron chi connectivity index (χ1n) is 8.40.